The molecule has 9 heteroatoms. The lowest BCUT2D eigenvalue weighted by atomic mass is 10.2. The lowest BCUT2D eigenvalue weighted by molar-refractivity contribution is 0.0946. The minimum atomic E-state index is -0.336. The predicted octanol–water partition coefficient (Wildman–Crippen LogP) is 1.81. The molecular weight excluding hydrogens is 322 g/mol. The molecule has 3 aromatic rings. The summed E-state index contributed by atoms with van der Waals surface area (Å²) in [7, 11) is 0. The van der Waals surface area contributed by atoms with Gasteiger partial charge in [-0.15, -0.1) is 0 Å². The number of amides is 1. The molecule has 0 atom stereocenters. The quantitative estimate of drug-likeness (QED) is 0.699. The average molecular weight is 337 g/mol. The van der Waals surface area contributed by atoms with Gasteiger partial charge in [0, 0.05) is 5.92 Å². The maximum Gasteiger partial charge on any atom is 0.274 e. The lowest BCUT2D eigenvalue weighted by Gasteiger charge is -2.11. The molecule has 2 N–H and O–H groups in total. The van der Waals surface area contributed by atoms with Crippen LogP contribution >= 0.6 is 0 Å². The Morgan fingerprint density at radius 3 is 2.76 bits per heavy atom. The number of carbonyl (C=O) groups excluding carboxylic acids is 1. The first-order valence-electron chi connectivity index (χ1n) is 7.84. The van der Waals surface area contributed by atoms with Crippen LogP contribution in [0.1, 0.15) is 40.6 Å². The third-order valence-electron chi connectivity index (χ3n) is 3.74. The number of nitrogens with zero attached hydrogens (tertiary/aromatic N) is 5. The highest BCUT2D eigenvalue weighted by Crippen LogP contribution is 2.39. The van der Waals surface area contributed by atoms with Crippen LogP contribution in [-0.4, -0.2) is 30.8 Å². The molecule has 3 heterocycles. The Balaban J connectivity index is 1.58. The zero-order valence-corrected chi connectivity index (χ0v) is 13.2. The first-order chi connectivity index (χ1) is 12.3. The fourth-order valence-electron chi connectivity index (χ4n) is 2.31. The number of rotatable bonds is 6. The van der Waals surface area contributed by atoms with Crippen LogP contribution in [0.4, 0.5) is 11.5 Å². The second-order valence-corrected chi connectivity index (χ2v) is 5.68. The van der Waals surface area contributed by atoms with Crippen molar-refractivity contribution < 1.29 is 9.21 Å². The van der Waals surface area contributed by atoms with E-state index in [9.17, 15) is 4.79 Å². The molecule has 0 spiro atoms. The van der Waals surface area contributed by atoms with Crippen molar-refractivity contribution in [3.8, 4) is 0 Å². The maximum atomic E-state index is 12.6. The summed E-state index contributed by atoms with van der Waals surface area (Å²) in [5.74, 6) is 0.415. The second-order valence-electron chi connectivity index (χ2n) is 5.68. The van der Waals surface area contributed by atoms with Gasteiger partial charge < -0.3 is 15.1 Å². The summed E-state index contributed by atoms with van der Waals surface area (Å²) >= 11 is 0. The summed E-state index contributed by atoms with van der Waals surface area (Å²) in [6.07, 6.45) is 11.3. The number of hydrogen-bond donors (Lipinski definition) is 2. The van der Waals surface area contributed by atoms with Gasteiger partial charge >= 0.3 is 0 Å². The molecule has 1 aliphatic carbocycles. The van der Waals surface area contributed by atoms with E-state index >= 15 is 0 Å². The monoisotopic (exact) mass is 337 g/mol. The van der Waals surface area contributed by atoms with Gasteiger partial charge in [0.05, 0.1) is 42.2 Å². The van der Waals surface area contributed by atoms with Crippen LogP contribution in [0, 0.1) is 0 Å². The number of carbonyl (C=O) groups is 1. The summed E-state index contributed by atoms with van der Waals surface area (Å²) in [5, 5.41) is 5.82. The zero-order valence-electron chi connectivity index (χ0n) is 13.2. The highest BCUT2D eigenvalue weighted by atomic mass is 16.3. The molecule has 0 aromatic carbocycles. The van der Waals surface area contributed by atoms with Gasteiger partial charge in [0.2, 0.25) is 0 Å². The van der Waals surface area contributed by atoms with Crippen molar-refractivity contribution in [1.82, 2.24) is 30.2 Å². The molecule has 0 unspecified atom stereocenters. The zero-order chi connectivity index (χ0) is 17.1. The van der Waals surface area contributed by atoms with Crippen molar-refractivity contribution in [2.24, 2.45) is 0 Å². The number of anilines is 2. The molecule has 0 radical (unpaired) electrons. The molecule has 3 aromatic heterocycles. The van der Waals surface area contributed by atoms with Gasteiger partial charge in [0.1, 0.15) is 12.6 Å². The number of hydrogen-bond acceptors (Lipinski definition) is 8. The Hall–Kier alpha value is -3.36. The number of nitrogens with one attached hydrogen (secondary N) is 2. The Bertz CT molecular complexity index is 863. The SMILES string of the molecule is O=C(NCc1cocn1)c1nc(C2CC2)cnc1Nc1cncnc1. The van der Waals surface area contributed by atoms with Gasteiger partial charge in [-0.05, 0) is 12.8 Å². The Morgan fingerprint density at radius 2 is 2.04 bits per heavy atom. The van der Waals surface area contributed by atoms with Gasteiger partial charge in [0.15, 0.2) is 17.9 Å². The first kappa shape index (κ1) is 15.2. The summed E-state index contributed by atoms with van der Waals surface area (Å²) in [4.78, 5) is 33.3. The molecule has 0 aliphatic heterocycles. The molecule has 1 saturated carbocycles. The van der Waals surface area contributed by atoms with E-state index in [1.165, 1.54) is 19.0 Å². The van der Waals surface area contributed by atoms with Crippen molar-refractivity contribution >= 4 is 17.4 Å². The summed E-state index contributed by atoms with van der Waals surface area (Å²) in [5.41, 5.74) is 2.32. The normalized spacial score (nSPS) is 13.4. The van der Waals surface area contributed by atoms with E-state index in [1.807, 2.05) is 0 Å². The third kappa shape index (κ3) is 3.60. The molecule has 1 aliphatic rings. The van der Waals surface area contributed by atoms with Crippen LogP contribution in [0.15, 0.2) is 42.0 Å². The molecule has 9 nitrogen and oxygen atoms in total. The Labute approximate surface area is 143 Å². The van der Waals surface area contributed by atoms with E-state index in [0.29, 0.717) is 23.1 Å². The van der Waals surface area contributed by atoms with Crippen LogP contribution in [0.2, 0.25) is 0 Å². The third-order valence-corrected chi connectivity index (χ3v) is 3.74. The number of aromatic nitrogens is 5. The van der Waals surface area contributed by atoms with E-state index in [4.69, 9.17) is 4.42 Å². The molecule has 1 amide bonds. The predicted molar refractivity (Wildman–Crippen MR) is 87.0 cm³/mol. The second kappa shape index (κ2) is 6.63. The fraction of sp³-hybridized carbons (Fsp3) is 0.250. The van der Waals surface area contributed by atoms with Crippen molar-refractivity contribution in [2.45, 2.75) is 25.3 Å². The molecule has 1 fully saturated rings. The molecule has 126 valence electrons. The Kier molecular flexibility index (Phi) is 4.03. The Morgan fingerprint density at radius 1 is 1.20 bits per heavy atom. The van der Waals surface area contributed by atoms with Gasteiger partial charge in [-0.2, -0.15) is 0 Å². The van der Waals surface area contributed by atoms with Crippen molar-refractivity contribution in [3.63, 3.8) is 0 Å². The van der Waals surface area contributed by atoms with Crippen LogP contribution in [0.3, 0.4) is 0 Å². The minimum absolute atomic E-state index is 0.233. The van der Waals surface area contributed by atoms with E-state index in [1.54, 1.807) is 18.6 Å². The van der Waals surface area contributed by atoms with Gasteiger partial charge in [-0.3, -0.25) is 4.79 Å². The largest absolute Gasteiger partial charge is 0.451 e. The molecule has 25 heavy (non-hydrogen) atoms. The lowest BCUT2D eigenvalue weighted by Crippen LogP contribution is -2.25. The highest BCUT2D eigenvalue weighted by molar-refractivity contribution is 5.97. The van der Waals surface area contributed by atoms with Crippen LogP contribution in [0.5, 0.6) is 0 Å². The first-order valence-corrected chi connectivity index (χ1v) is 7.84. The summed E-state index contributed by atoms with van der Waals surface area (Å²) in [6.45, 7) is 0.249. The number of oxazole rings is 1. The highest BCUT2D eigenvalue weighted by Gasteiger charge is 2.27. The van der Waals surface area contributed by atoms with Gasteiger partial charge in [-0.1, -0.05) is 0 Å². The smallest absolute Gasteiger partial charge is 0.274 e. The molecule has 0 bridgehead atoms. The topological polar surface area (TPSA) is 119 Å². The van der Waals surface area contributed by atoms with Crippen molar-refractivity contribution in [3.05, 3.63) is 54.7 Å². The molecule has 0 saturated heterocycles. The standard InChI is InChI=1S/C16H15N7O2/c24-16(20-5-12-7-25-9-21-12)14-15(22-11-3-17-8-18-4-11)19-6-13(23-14)10-1-2-10/h3-4,6-10H,1-2,5H2,(H,19,22)(H,20,24). The van der Waals surface area contributed by atoms with E-state index < -0.39 is 0 Å². The maximum absolute atomic E-state index is 12.6. The fourth-order valence-corrected chi connectivity index (χ4v) is 2.31. The summed E-state index contributed by atoms with van der Waals surface area (Å²) < 4.78 is 4.90. The van der Waals surface area contributed by atoms with Crippen molar-refractivity contribution in [1.29, 1.82) is 0 Å². The molecule has 4 rings (SSSR count). The van der Waals surface area contributed by atoms with E-state index in [-0.39, 0.29) is 18.1 Å². The van der Waals surface area contributed by atoms with Gasteiger partial charge in [0.25, 0.3) is 5.91 Å². The van der Waals surface area contributed by atoms with Crippen LogP contribution in [0.25, 0.3) is 0 Å². The minimum Gasteiger partial charge on any atom is -0.451 e. The average Bonchev–Trinajstić information content (AvgIpc) is 3.37. The van der Waals surface area contributed by atoms with E-state index in [0.717, 1.165) is 18.5 Å². The molecular formula is C16H15N7O2. The van der Waals surface area contributed by atoms with Crippen LogP contribution in [-0.2, 0) is 6.54 Å². The van der Waals surface area contributed by atoms with Crippen molar-refractivity contribution in [2.75, 3.05) is 5.32 Å². The van der Waals surface area contributed by atoms with Gasteiger partial charge in [-0.25, -0.2) is 24.9 Å². The van der Waals surface area contributed by atoms with E-state index in [2.05, 4.69) is 35.6 Å². The summed E-state index contributed by atoms with van der Waals surface area (Å²) in [6, 6.07) is 0. The van der Waals surface area contributed by atoms with Crippen LogP contribution < -0.4 is 10.6 Å².